The summed E-state index contributed by atoms with van der Waals surface area (Å²) in [6, 6.07) is 17.3. The van der Waals surface area contributed by atoms with Crippen molar-refractivity contribution in [2.24, 2.45) is 0 Å². The first kappa shape index (κ1) is 21.9. The van der Waals surface area contributed by atoms with Gasteiger partial charge in [-0.15, -0.1) is 0 Å². The molecule has 0 aliphatic heterocycles. The second kappa shape index (κ2) is 8.64. The largest absolute Gasteiger partial charge is 0.360 e. The zero-order valence-corrected chi connectivity index (χ0v) is 19.2. The molecule has 0 spiro atoms. The van der Waals surface area contributed by atoms with Gasteiger partial charge in [-0.25, -0.2) is 4.98 Å². The molecule has 2 N–H and O–H groups in total. The normalized spacial score (nSPS) is 12.0. The summed E-state index contributed by atoms with van der Waals surface area (Å²) in [6.45, 7) is 3.94. The Morgan fingerprint density at radius 2 is 1.88 bits per heavy atom. The number of imidazole rings is 1. The maximum Gasteiger partial charge on any atom is 0.263 e. The van der Waals surface area contributed by atoms with Crippen molar-refractivity contribution in [2.45, 2.75) is 19.9 Å². The molecule has 0 amide bonds. The highest BCUT2D eigenvalue weighted by Crippen LogP contribution is 2.27. The molecule has 2 aromatic carbocycles. The van der Waals surface area contributed by atoms with Gasteiger partial charge < -0.3 is 10.3 Å². The molecule has 0 saturated carbocycles. The summed E-state index contributed by atoms with van der Waals surface area (Å²) in [5.74, 6) is 0.524. The topological polar surface area (TPSA) is 88.5 Å². The van der Waals surface area contributed by atoms with Gasteiger partial charge in [0.2, 0.25) is 5.28 Å². The molecule has 5 aromatic rings. The van der Waals surface area contributed by atoms with Gasteiger partial charge in [-0.2, -0.15) is 23.5 Å². The fourth-order valence-electron chi connectivity index (χ4n) is 3.91. The van der Waals surface area contributed by atoms with Crippen molar-refractivity contribution in [2.75, 3.05) is 5.32 Å². The number of hydrogen-bond donors (Lipinski definition) is 2. The minimum absolute atomic E-state index is 0. The number of benzene rings is 2. The fourth-order valence-corrected chi connectivity index (χ4v) is 4.07. The summed E-state index contributed by atoms with van der Waals surface area (Å²) in [5, 5.41) is 5.09. The van der Waals surface area contributed by atoms with E-state index in [0.29, 0.717) is 22.4 Å². The summed E-state index contributed by atoms with van der Waals surface area (Å²) in [7, 11) is 0. The van der Waals surface area contributed by atoms with Crippen molar-refractivity contribution >= 4 is 52.9 Å². The Hall–Kier alpha value is -3.36. The van der Waals surface area contributed by atoms with Crippen molar-refractivity contribution < 1.29 is 0 Å². The van der Waals surface area contributed by atoms with Crippen LogP contribution >= 0.6 is 25.1 Å². The van der Waals surface area contributed by atoms with Gasteiger partial charge in [0.25, 0.3) is 5.56 Å². The lowest BCUT2D eigenvalue weighted by molar-refractivity contribution is 0.774. The molecule has 0 aliphatic carbocycles. The number of aromatic amines is 1. The van der Waals surface area contributed by atoms with Gasteiger partial charge in [0, 0.05) is 11.4 Å². The lowest BCUT2D eigenvalue weighted by Crippen LogP contribution is -2.26. The average Bonchev–Trinajstić information content (AvgIpc) is 3.22. The number of rotatable bonds is 4. The minimum atomic E-state index is -0.268. The standard InChI is InChI=1S/C23H19ClN6O.H2S/c1-13-7-6-8-15-11-17(30(22(31)18(13)15)16-9-4-3-5-10-16)14(2)27-21-19-20(26-12-25-19)28-23(24)29-21;/h3-12,14H,1-2H3,(H2,25,26,27,28,29);1H2/t14-;/m0./s1. The Labute approximate surface area is 196 Å². The average molecular weight is 465 g/mol. The molecule has 32 heavy (non-hydrogen) atoms. The van der Waals surface area contributed by atoms with Gasteiger partial charge in [0.05, 0.1) is 17.8 Å². The maximum atomic E-state index is 13.6. The van der Waals surface area contributed by atoms with Crippen LogP contribution in [0.2, 0.25) is 5.28 Å². The van der Waals surface area contributed by atoms with Gasteiger partial charge in [0.1, 0.15) is 5.52 Å². The summed E-state index contributed by atoms with van der Waals surface area (Å²) in [6.07, 6.45) is 1.55. The number of hydrogen-bond acceptors (Lipinski definition) is 5. The van der Waals surface area contributed by atoms with Crippen LogP contribution in [0.25, 0.3) is 27.6 Å². The van der Waals surface area contributed by atoms with Crippen LogP contribution in [0, 0.1) is 6.92 Å². The Kier molecular flexibility index (Phi) is 5.90. The third-order valence-electron chi connectivity index (χ3n) is 5.35. The minimum Gasteiger partial charge on any atom is -0.360 e. The van der Waals surface area contributed by atoms with Crippen molar-refractivity contribution in [1.29, 1.82) is 0 Å². The number of nitrogens with one attached hydrogen (secondary N) is 2. The molecule has 0 saturated heterocycles. The molecule has 5 rings (SSSR count). The van der Waals surface area contributed by atoms with E-state index in [1.165, 1.54) is 0 Å². The molecule has 162 valence electrons. The van der Waals surface area contributed by atoms with Crippen LogP contribution in [-0.2, 0) is 0 Å². The van der Waals surface area contributed by atoms with E-state index in [-0.39, 0.29) is 30.4 Å². The SMILES string of the molecule is Cc1cccc2cc([C@H](C)Nc3nc(Cl)nc4nc[nH]c34)n(-c3ccccc3)c(=O)c12.S. The first-order chi connectivity index (χ1) is 15.0. The summed E-state index contributed by atoms with van der Waals surface area (Å²) >= 11 is 6.09. The Bertz CT molecular complexity index is 1480. The first-order valence-electron chi connectivity index (χ1n) is 9.87. The molecule has 7 nitrogen and oxygen atoms in total. The van der Waals surface area contributed by atoms with Gasteiger partial charge in [0.15, 0.2) is 11.5 Å². The molecule has 0 fully saturated rings. The second-order valence-electron chi connectivity index (χ2n) is 7.39. The van der Waals surface area contributed by atoms with Crippen LogP contribution in [-0.4, -0.2) is 24.5 Å². The third-order valence-corrected chi connectivity index (χ3v) is 5.52. The highest BCUT2D eigenvalue weighted by atomic mass is 35.5. The van der Waals surface area contributed by atoms with Crippen molar-refractivity contribution in [1.82, 2.24) is 24.5 Å². The van der Waals surface area contributed by atoms with E-state index in [1.807, 2.05) is 68.4 Å². The van der Waals surface area contributed by atoms with E-state index >= 15 is 0 Å². The smallest absolute Gasteiger partial charge is 0.263 e. The van der Waals surface area contributed by atoms with Gasteiger partial charge in [-0.3, -0.25) is 9.36 Å². The van der Waals surface area contributed by atoms with Crippen LogP contribution in [0.15, 0.2) is 65.7 Å². The molecule has 0 unspecified atom stereocenters. The van der Waals surface area contributed by atoms with Gasteiger partial charge >= 0.3 is 0 Å². The second-order valence-corrected chi connectivity index (χ2v) is 7.73. The molecule has 0 aliphatic rings. The Morgan fingerprint density at radius 3 is 2.66 bits per heavy atom. The highest BCUT2D eigenvalue weighted by molar-refractivity contribution is 7.59. The number of nitrogens with zero attached hydrogens (tertiary/aromatic N) is 4. The Balaban J connectivity index is 0.00000245. The molecular weight excluding hydrogens is 444 g/mol. The third kappa shape index (κ3) is 3.72. The fraction of sp³-hybridized carbons (Fsp3) is 0.130. The maximum absolute atomic E-state index is 13.6. The number of halogens is 1. The molecular formula is C23H21ClN6OS. The van der Waals surface area contributed by atoms with Gasteiger partial charge in [-0.1, -0.05) is 36.4 Å². The van der Waals surface area contributed by atoms with Crippen molar-refractivity contribution in [3.8, 4) is 5.69 Å². The number of H-pyrrole nitrogens is 1. The van der Waals surface area contributed by atoms with E-state index in [4.69, 9.17) is 11.6 Å². The zero-order chi connectivity index (χ0) is 21.5. The highest BCUT2D eigenvalue weighted by Gasteiger charge is 2.19. The lowest BCUT2D eigenvalue weighted by atomic mass is 10.0. The van der Waals surface area contributed by atoms with E-state index in [2.05, 4.69) is 25.3 Å². The first-order valence-corrected chi connectivity index (χ1v) is 10.2. The summed E-state index contributed by atoms with van der Waals surface area (Å²) < 4.78 is 1.75. The number of pyridine rings is 1. The number of aryl methyl sites for hydroxylation is 1. The quantitative estimate of drug-likeness (QED) is 0.369. The van der Waals surface area contributed by atoms with Gasteiger partial charge in [-0.05, 0) is 54.6 Å². The van der Waals surface area contributed by atoms with Crippen LogP contribution in [0.3, 0.4) is 0 Å². The number of anilines is 1. The van der Waals surface area contributed by atoms with Crippen LogP contribution in [0.1, 0.15) is 24.2 Å². The number of para-hydroxylation sites is 1. The van der Waals surface area contributed by atoms with Crippen LogP contribution in [0.5, 0.6) is 0 Å². The molecule has 3 aromatic heterocycles. The van der Waals surface area contributed by atoms with Crippen LogP contribution in [0.4, 0.5) is 5.82 Å². The van der Waals surface area contributed by atoms with Crippen LogP contribution < -0.4 is 10.9 Å². The lowest BCUT2D eigenvalue weighted by Gasteiger charge is -2.22. The number of aromatic nitrogens is 5. The van der Waals surface area contributed by atoms with E-state index in [9.17, 15) is 4.79 Å². The van der Waals surface area contributed by atoms with Crippen molar-refractivity contribution in [3.63, 3.8) is 0 Å². The zero-order valence-electron chi connectivity index (χ0n) is 17.4. The van der Waals surface area contributed by atoms with E-state index < -0.39 is 0 Å². The Morgan fingerprint density at radius 1 is 1.09 bits per heavy atom. The molecule has 0 radical (unpaired) electrons. The summed E-state index contributed by atoms with van der Waals surface area (Å²) in [5.41, 5.74) is 3.62. The molecule has 9 heteroatoms. The predicted octanol–water partition coefficient (Wildman–Crippen LogP) is 4.90. The van der Waals surface area contributed by atoms with E-state index in [0.717, 1.165) is 22.3 Å². The van der Waals surface area contributed by atoms with E-state index in [1.54, 1.807) is 10.9 Å². The monoisotopic (exact) mass is 464 g/mol. The number of fused-ring (bicyclic) bond motifs is 2. The molecule has 0 bridgehead atoms. The molecule has 1 atom stereocenters. The predicted molar refractivity (Wildman–Crippen MR) is 133 cm³/mol. The molecule has 3 heterocycles. The summed E-state index contributed by atoms with van der Waals surface area (Å²) in [4.78, 5) is 29.3. The van der Waals surface area contributed by atoms with Crippen molar-refractivity contribution in [3.05, 3.63) is 87.8 Å².